The second-order valence-electron chi connectivity index (χ2n) is 8.39. The highest BCUT2D eigenvalue weighted by molar-refractivity contribution is 6.03. The number of carbonyl (C=O) groups excluding carboxylic acids is 1. The normalized spacial score (nSPS) is 15.5. The average Bonchev–Trinajstić information content (AvgIpc) is 3.52. The quantitative estimate of drug-likeness (QED) is 0.441. The number of fused-ring (bicyclic) bond motifs is 1. The van der Waals surface area contributed by atoms with E-state index in [1.54, 1.807) is 14.2 Å². The Morgan fingerprint density at radius 2 is 1.74 bits per heavy atom. The molecule has 0 radical (unpaired) electrons. The number of amides is 1. The van der Waals surface area contributed by atoms with E-state index < -0.39 is 11.2 Å². The minimum Gasteiger partial charge on any atom is -0.497 e. The number of nitrogens with zero attached hydrogens (tertiary/aromatic N) is 6. The maximum absolute atomic E-state index is 13.6. The number of carbonyl (C=O) groups is 1. The molecule has 1 aliphatic heterocycles. The Kier molecular flexibility index (Phi) is 5.56. The second-order valence-corrected chi connectivity index (χ2v) is 8.39. The molecule has 1 atom stereocenters. The van der Waals surface area contributed by atoms with Crippen LogP contribution in [-0.2, 0) is 25.4 Å². The Balaban J connectivity index is 1.53. The van der Waals surface area contributed by atoms with Gasteiger partial charge >= 0.3 is 5.69 Å². The van der Waals surface area contributed by atoms with Gasteiger partial charge in [0.2, 0.25) is 0 Å². The van der Waals surface area contributed by atoms with Crippen LogP contribution in [0.5, 0.6) is 5.75 Å². The number of hydrogen-bond acceptors (Lipinski definition) is 6. The van der Waals surface area contributed by atoms with Gasteiger partial charge in [0.25, 0.3) is 11.5 Å². The van der Waals surface area contributed by atoms with Gasteiger partial charge in [0.1, 0.15) is 12.3 Å². The van der Waals surface area contributed by atoms with Crippen LogP contribution in [0.15, 0.2) is 75.6 Å². The van der Waals surface area contributed by atoms with E-state index in [1.165, 1.54) is 27.5 Å². The summed E-state index contributed by atoms with van der Waals surface area (Å²) in [4.78, 5) is 42.8. The van der Waals surface area contributed by atoms with Crippen molar-refractivity contribution in [3.8, 4) is 5.75 Å². The number of methoxy groups -OCH3 is 1. The number of benzene rings is 2. The van der Waals surface area contributed by atoms with Crippen molar-refractivity contribution < 1.29 is 9.53 Å². The molecule has 3 heterocycles. The van der Waals surface area contributed by atoms with E-state index in [4.69, 9.17) is 4.74 Å². The van der Waals surface area contributed by atoms with Crippen molar-refractivity contribution in [2.24, 2.45) is 19.2 Å². The molecule has 178 valence electrons. The molecule has 2 aromatic carbocycles. The lowest BCUT2D eigenvalue weighted by molar-refractivity contribution is -0.133. The molecule has 5 rings (SSSR count). The van der Waals surface area contributed by atoms with Crippen molar-refractivity contribution in [1.29, 1.82) is 0 Å². The van der Waals surface area contributed by atoms with Crippen molar-refractivity contribution in [2.45, 2.75) is 19.0 Å². The fourth-order valence-electron chi connectivity index (χ4n) is 4.37. The maximum Gasteiger partial charge on any atom is 0.332 e. The third-order valence-electron chi connectivity index (χ3n) is 6.30. The average molecular weight is 473 g/mol. The summed E-state index contributed by atoms with van der Waals surface area (Å²) in [5, 5.41) is 6.16. The van der Waals surface area contributed by atoms with Crippen LogP contribution < -0.4 is 16.0 Å². The molecule has 2 aromatic heterocycles. The summed E-state index contributed by atoms with van der Waals surface area (Å²) < 4.78 is 9.04. The Morgan fingerprint density at radius 1 is 1.03 bits per heavy atom. The molecule has 0 saturated heterocycles. The number of aryl methyl sites for hydroxylation is 1. The smallest absolute Gasteiger partial charge is 0.332 e. The fourth-order valence-corrected chi connectivity index (χ4v) is 4.37. The van der Waals surface area contributed by atoms with Crippen LogP contribution in [0.25, 0.3) is 11.2 Å². The van der Waals surface area contributed by atoms with Gasteiger partial charge in [-0.2, -0.15) is 5.10 Å². The van der Waals surface area contributed by atoms with Crippen molar-refractivity contribution in [1.82, 2.24) is 23.7 Å². The first-order valence-corrected chi connectivity index (χ1v) is 11.1. The maximum atomic E-state index is 13.6. The number of imidazole rings is 1. The zero-order valence-electron chi connectivity index (χ0n) is 19.6. The zero-order valence-corrected chi connectivity index (χ0v) is 19.6. The topological polar surface area (TPSA) is 104 Å². The molecular weight excluding hydrogens is 448 g/mol. The summed E-state index contributed by atoms with van der Waals surface area (Å²) in [6.45, 7) is -0.151. The van der Waals surface area contributed by atoms with Gasteiger partial charge in [0, 0.05) is 20.5 Å². The van der Waals surface area contributed by atoms with Gasteiger partial charge in [-0.05, 0) is 23.3 Å². The first-order valence-electron chi connectivity index (χ1n) is 11.1. The predicted molar refractivity (Wildman–Crippen MR) is 130 cm³/mol. The first kappa shape index (κ1) is 22.3. The highest BCUT2D eigenvalue weighted by atomic mass is 16.5. The van der Waals surface area contributed by atoms with Crippen LogP contribution in [0, 0.1) is 0 Å². The summed E-state index contributed by atoms with van der Waals surface area (Å²) in [6, 6.07) is 17.0. The minimum absolute atomic E-state index is 0.151. The van der Waals surface area contributed by atoms with Crippen LogP contribution in [0.1, 0.15) is 23.6 Å². The van der Waals surface area contributed by atoms with E-state index in [2.05, 4.69) is 10.1 Å². The molecule has 1 amide bonds. The van der Waals surface area contributed by atoms with E-state index in [0.29, 0.717) is 6.42 Å². The van der Waals surface area contributed by atoms with Crippen molar-refractivity contribution >= 4 is 22.8 Å². The third kappa shape index (κ3) is 3.82. The number of ether oxygens (including phenoxy) is 1. The molecule has 4 aromatic rings. The molecule has 0 fully saturated rings. The SMILES string of the molecule is COc1ccc([C@H]2CC(c3ccccc3)=NN2C(=O)Cn2cnc3c2c(=O)n(C)c(=O)n3C)cc1. The first-order chi connectivity index (χ1) is 16.9. The minimum atomic E-state index is -0.505. The molecule has 1 aliphatic rings. The van der Waals surface area contributed by atoms with E-state index in [0.717, 1.165) is 27.2 Å². The molecule has 0 spiro atoms. The van der Waals surface area contributed by atoms with Gasteiger partial charge in [-0.3, -0.25) is 18.7 Å². The van der Waals surface area contributed by atoms with E-state index >= 15 is 0 Å². The lowest BCUT2D eigenvalue weighted by atomic mass is 9.98. The number of aromatic nitrogens is 4. The molecule has 0 saturated carbocycles. The van der Waals surface area contributed by atoms with E-state index in [-0.39, 0.29) is 29.7 Å². The Labute approximate surface area is 200 Å². The van der Waals surface area contributed by atoms with Crippen molar-refractivity contribution in [2.75, 3.05) is 7.11 Å². The van der Waals surface area contributed by atoms with Crippen LogP contribution in [0.3, 0.4) is 0 Å². The molecule has 10 heteroatoms. The van der Waals surface area contributed by atoms with Crippen LogP contribution in [-0.4, -0.2) is 42.4 Å². The Morgan fingerprint density at radius 3 is 2.43 bits per heavy atom. The summed E-state index contributed by atoms with van der Waals surface area (Å²) in [6.07, 6.45) is 1.95. The van der Waals surface area contributed by atoms with Crippen LogP contribution >= 0.6 is 0 Å². The molecule has 35 heavy (non-hydrogen) atoms. The number of hydrazone groups is 1. The zero-order chi connectivity index (χ0) is 24.7. The largest absolute Gasteiger partial charge is 0.497 e. The predicted octanol–water partition coefficient (Wildman–Crippen LogP) is 1.82. The van der Waals surface area contributed by atoms with Gasteiger partial charge < -0.3 is 9.30 Å². The summed E-state index contributed by atoms with van der Waals surface area (Å²) >= 11 is 0. The third-order valence-corrected chi connectivity index (χ3v) is 6.30. The molecule has 0 aliphatic carbocycles. The lowest BCUT2D eigenvalue weighted by Crippen LogP contribution is -2.38. The van der Waals surface area contributed by atoms with Crippen LogP contribution in [0.2, 0.25) is 0 Å². The van der Waals surface area contributed by atoms with Gasteiger partial charge in [0.15, 0.2) is 11.2 Å². The number of hydrogen-bond donors (Lipinski definition) is 0. The summed E-state index contributed by atoms with van der Waals surface area (Å²) in [5.74, 6) is 0.423. The van der Waals surface area contributed by atoms with E-state index in [9.17, 15) is 14.4 Å². The van der Waals surface area contributed by atoms with Crippen LogP contribution in [0.4, 0.5) is 0 Å². The molecular formula is C25H24N6O4. The number of rotatable bonds is 5. The van der Waals surface area contributed by atoms with Gasteiger partial charge in [0.05, 0.1) is 25.2 Å². The molecule has 0 N–H and O–H groups in total. The molecule has 10 nitrogen and oxygen atoms in total. The summed E-state index contributed by atoms with van der Waals surface area (Å²) in [7, 11) is 4.55. The van der Waals surface area contributed by atoms with Crippen molar-refractivity contribution in [3.63, 3.8) is 0 Å². The second kappa shape index (κ2) is 8.71. The molecule has 0 unspecified atom stereocenters. The fraction of sp³-hybridized carbons (Fsp3) is 0.240. The Bertz CT molecular complexity index is 1560. The monoisotopic (exact) mass is 472 g/mol. The van der Waals surface area contributed by atoms with Crippen molar-refractivity contribution in [3.05, 3.63) is 92.9 Å². The Hall–Kier alpha value is -4.47. The highest BCUT2D eigenvalue weighted by Crippen LogP contribution is 2.34. The lowest BCUT2D eigenvalue weighted by Gasteiger charge is -2.22. The highest BCUT2D eigenvalue weighted by Gasteiger charge is 2.33. The van der Waals surface area contributed by atoms with Gasteiger partial charge in [-0.15, -0.1) is 0 Å². The van der Waals surface area contributed by atoms with Gasteiger partial charge in [-0.25, -0.2) is 14.8 Å². The van der Waals surface area contributed by atoms with E-state index in [1.807, 2.05) is 54.6 Å². The molecule has 0 bridgehead atoms. The summed E-state index contributed by atoms with van der Waals surface area (Å²) in [5.41, 5.74) is 2.10. The van der Waals surface area contributed by atoms with Gasteiger partial charge in [-0.1, -0.05) is 42.5 Å². The standard InChI is InChI=1S/C25H24N6O4/c1-28-23-22(24(33)29(2)25(28)34)30(15-26-23)14-21(32)31-20(17-9-11-18(35-3)12-10-17)13-19(27-31)16-7-5-4-6-8-16/h4-12,15,20H,13-14H2,1-3H3/t20-/m1/s1.